The Bertz CT molecular complexity index is 541. The second-order valence-electron chi connectivity index (χ2n) is 5.05. The molecule has 4 heteroatoms. The summed E-state index contributed by atoms with van der Waals surface area (Å²) in [4.78, 5) is 26.0. The zero-order chi connectivity index (χ0) is 13.4. The lowest BCUT2D eigenvalue weighted by Crippen LogP contribution is -2.30. The van der Waals surface area contributed by atoms with Crippen molar-refractivity contribution in [3.8, 4) is 0 Å². The first kappa shape index (κ1) is 12.6. The highest BCUT2D eigenvalue weighted by Crippen LogP contribution is 2.35. The number of hydrogen-bond donors (Lipinski definition) is 0. The molecular formula is C15H14BrNO2. The fourth-order valence-corrected chi connectivity index (χ4v) is 3.29. The number of rotatable bonds is 2. The minimum Gasteiger partial charge on any atom is -0.278 e. The quantitative estimate of drug-likeness (QED) is 0.621. The van der Waals surface area contributed by atoms with Crippen LogP contribution in [-0.4, -0.2) is 16.7 Å². The highest BCUT2D eigenvalue weighted by Gasteiger charge is 2.46. The normalized spacial score (nSPS) is 25.8. The van der Waals surface area contributed by atoms with Crippen molar-refractivity contribution in [1.82, 2.24) is 4.90 Å². The third-order valence-corrected chi connectivity index (χ3v) is 4.32. The molecule has 2 atom stereocenters. The summed E-state index contributed by atoms with van der Waals surface area (Å²) in [6.45, 7) is 0.379. The van der Waals surface area contributed by atoms with Crippen LogP contribution in [0.25, 0.3) is 0 Å². The predicted octanol–water partition coefficient (Wildman–Crippen LogP) is 2.90. The van der Waals surface area contributed by atoms with E-state index in [1.54, 1.807) is 0 Å². The molecule has 98 valence electrons. The van der Waals surface area contributed by atoms with Gasteiger partial charge in [0.1, 0.15) is 0 Å². The van der Waals surface area contributed by atoms with Crippen LogP contribution in [0.1, 0.15) is 18.4 Å². The molecule has 1 fully saturated rings. The number of likely N-dealkylation sites (tertiary alicyclic amines) is 1. The molecule has 1 aromatic carbocycles. The third-order valence-electron chi connectivity index (χ3n) is 3.83. The van der Waals surface area contributed by atoms with Gasteiger partial charge in [-0.1, -0.05) is 40.2 Å². The van der Waals surface area contributed by atoms with Crippen LogP contribution in [0, 0.1) is 11.8 Å². The van der Waals surface area contributed by atoms with Crippen molar-refractivity contribution in [3.63, 3.8) is 0 Å². The van der Waals surface area contributed by atoms with E-state index in [-0.39, 0.29) is 23.7 Å². The molecule has 1 saturated heterocycles. The average molecular weight is 320 g/mol. The molecule has 0 unspecified atom stereocenters. The Morgan fingerprint density at radius 3 is 2.32 bits per heavy atom. The maximum atomic E-state index is 12.3. The Morgan fingerprint density at radius 1 is 1.11 bits per heavy atom. The first-order valence-corrected chi connectivity index (χ1v) is 7.21. The molecule has 2 amide bonds. The van der Waals surface area contributed by atoms with Gasteiger partial charge in [0, 0.05) is 4.47 Å². The van der Waals surface area contributed by atoms with Gasteiger partial charge in [0.2, 0.25) is 11.8 Å². The van der Waals surface area contributed by atoms with Crippen molar-refractivity contribution < 1.29 is 9.59 Å². The summed E-state index contributed by atoms with van der Waals surface area (Å²) in [5.74, 6) is -0.298. The van der Waals surface area contributed by atoms with Crippen LogP contribution in [0.5, 0.6) is 0 Å². The van der Waals surface area contributed by atoms with Crippen molar-refractivity contribution in [2.24, 2.45) is 11.8 Å². The van der Waals surface area contributed by atoms with Gasteiger partial charge in [0.05, 0.1) is 18.4 Å². The van der Waals surface area contributed by atoms with E-state index in [1.807, 2.05) is 36.4 Å². The lowest BCUT2D eigenvalue weighted by molar-refractivity contribution is -0.140. The van der Waals surface area contributed by atoms with Gasteiger partial charge in [0.15, 0.2) is 0 Å². The summed E-state index contributed by atoms with van der Waals surface area (Å²) in [6.07, 6.45) is 5.42. The summed E-state index contributed by atoms with van der Waals surface area (Å²) in [7, 11) is 0. The van der Waals surface area contributed by atoms with Gasteiger partial charge in [-0.2, -0.15) is 0 Å². The summed E-state index contributed by atoms with van der Waals surface area (Å²) in [6, 6.07) is 7.73. The van der Waals surface area contributed by atoms with Crippen LogP contribution in [-0.2, 0) is 16.1 Å². The zero-order valence-electron chi connectivity index (χ0n) is 10.4. The van der Waals surface area contributed by atoms with Gasteiger partial charge >= 0.3 is 0 Å². The van der Waals surface area contributed by atoms with Crippen LogP contribution in [0.2, 0.25) is 0 Å². The molecule has 1 heterocycles. The van der Waals surface area contributed by atoms with Crippen LogP contribution in [0.3, 0.4) is 0 Å². The van der Waals surface area contributed by atoms with Crippen LogP contribution >= 0.6 is 15.9 Å². The topological polar surface area (TPSA) is 37.4 Å². The third kappa shape index (κ3) is 2.25. The van der Waals surface area contributed by atoms with E-state index in [4.69, 9.17) is 0 Å². The lowest BCUT2D eigenvalue weighted by Gasteiger charge is -2.14. The molecular weight excluding hydrogens is 306 g/mol. The van der Waals surface area contributed by atoms with Crippen LogP contribution < -0.4 is 0 Å². The fourth-order valence-electron chi connectivity index (χ4n) is 2.84. The van der Waals surface area contributed by atoms with Gasteiger partial charge in [-0.15, -0.1) is 0 Å². The molecule has 3 rings (SSSR count). The largest absolute Gasteiger partial charge is 0.278 e. The number of benzene rings is 1. The predicted molar refractivity (Wildman–Crippen MR) is 75.1 cm³/mol. The second kappa shape index (κ2) is 4.93. The first-order chi connectivity index (χ1) is 9.16. The van der Waals surface area contributed by atoms with E-state index in [0.717, 1.165) is 10.0 Å². The monoisotopic (exact) mass is 319 g/mol. The van der Waals surface area contributed by atoms with Gasteiger partial charge in [-0.25, -0.2) is 0 Å². The van der Waals surface area contributed by atoms with Crippen molar-refractivity contribution in [2.75, 3.05) is 0 Å². The molecule has 0 radical (unpaired) electrons. The molecule has 3 nitrogen and oxygen atoms in total. The molecule has 1 aromatic rings. The Labute approximate surface area is 120 Å². The lowest BCUT2D eigenvalue weighted by atomic mass is 9.85. The van der Waals surface area contributed by atoms with Gasteiger partial charge in [0.25, 0.3) is 0 Å². The number of imide groups is 1. The Kier molecular flexibility index (Phi) is 3.27. The number of halogens is 1. The molecule has 0 spiro atoms. The van der Waals surface area contributed by atoms with Crippen molar-refractivity contribution in [1.29, 1.82) is 0 Å². The molecule has 19 heavy (non-hydrogen) atoms. The van der Waals surface area contributed by atoms with Gasteiger partial charge in [-0.05, 0) is 30.5 Å². The first-order valence-electron chi connectivity index (χ1n) is 6.41. The van der Waals surface area contributed by atoms with E-state index in [1.165, 1.54) is 4.90 Å². The summed E-state index contributed by atoms with van der Waals surface area (Å²) >= 11 is 3.40. The highest BCUT2D eigenvalue weighted by atomic mass is 79.9. The van der Waals surface area contributed by atoms with Crippen molar-refractivity contribution in [2.45, 2.75) is 19.4 Å². The second-order valence-corrected chi connectivity index (χ2v) is 5.96. The summed E-state index contributed by atoms with van der Waals surface area (Å²) in [5.41, 5.74) is 0.975. The van der Waals surface area contributed by atoms with Crippen molar-refractivity contribution in [3.05, 3.63) is 46.5 Å². The van der Waals surface area contributed by atoms with E-state index < -0.39 is 0 Å². The zero-order valence-corrected chi connectivity index (χ0v) is 12.0. The molecule has 1 aliphatic heterocycles. The number of carbonyl (C=O) groups excluding carboxylic acids is 2. The summed E-state index contributed by atoms with van der Waals surface area (Å²) < 4.78 is 0.961. The van der Waals surface area contributed by atoms with Gasteiger partial charge in [-0.3, -0.25) is 14.5 Å². The van der Waals surface area contributed by atoms with Crippen LogP contribution in [0.4, 0.5) is 0 Å². The average Bonchev–Trinajstić information content (AvgIpc) is 2.65. The molecule has 0 N–H and O–H groups in total. The molecule has 0 saturated carbocycles. The SMILES string of the molecule is O=C1[C@@H]2CC=CC[C@H]2C(=O)N1Cc1cccc(Br)c1. The fraction of sp³-hybridized carbons (Fsp3) is 0.333. The number of nitrogens with zero attached hydrogens (tertiary/aromatic N) is 1. The maximum absolute atomic E-state index is 12.3. The minimum atomic E-state index is -0.135. The van der Waals surface area contributed by atoms with E-state index in [2.05, 4.69) is 15.9 Å². The number of amides is 2. The maximum Gasteiger partial charge on any atom is 0.233 e. The Balaban J connectivity index is 1.82. The molecule has 0 bridgehead atoms. The van der Waals surface area contributed by atoms with Gasteiger partial charge < -0.3 is 0 Å². The number of hydrogen-bond acceptors (Lipinski definition) is 2. The van der Waals surface area contributed by atoms with Crippen molar-refractivity contribution >= 4 is 27.7 Å². The number of allylic oxidation sites excluding steroid dienone is 2. The smallest absolute Gasteiger partial charge is 0.233 e. The van der Waals surface area contributed by atoms with E-state index in [0.29, 0.717) is 19.4 Å². The minimum absolute atomic E-state index is 0.0145. The number of carbonyl (C=O) groups is 2. The standard InChI is InChI=1S/C15H14BrNO2/c16-11-5-3-4-10(8-11)9-17-14(18)12-6-1-2-7-13(12)15(17)19/h1-5,8,12-13H,6-7,9H2/t12-,13-/m1/s1. The highest BCUT2D eigenvalue weighted by molar-refractivity contribution is 9.10. The number of fused-ring (bicyclic) bond motifs is 1. The molecule has 1 aliphatic carbocycles. The summed E-state index contributed by atoms with van der Waals surface area (Å²) in [5, 5.41) is 0. The Hall–Kier alpha value is -1.42. The van der Waals surface area contributed by atoms with Crippen LogP contribution in [0.15, 0.2) is 40.9 Å². The van der Waals surface area contributed by atoms with E-state index in [9.17, 15) is 9.59 Å². The Morgan fingerprint density at radius 2 is 1.74 bits per heavy atom. The molecule has 2 aliphatic rings. The molecule has 0 aromatic heterocycles. The van der Waals surface area contributed by atoms with E-state index >= 15 is 0 Å².